The lowest BCUT2D eigenvalue weighted by molar-refractivity contribution is 0.134. The van der Waals surface area contributed by atoms with Gasteiger partial charge in [-0.25, -0.2) is 0 Å². The summed E-state index contributed by atoms with van der Waals surface area (Å²) in [5, 5.41) is 11.5. The number of methoxy groups -OCH3 is 1. The van der Waals surface area contributed by atoms with Gasteiger partial charge in [0.2, 0.25) is 0 Å². The van der Waals surface area contributed by atoms with Crippen molar-refractivity contribution in [3.8, 4) is 5.75 Å². The average Bonchev–Trinajstić information content (AvgIpc) is 2.42. The number of hydrogen-bond donors (Lipinski definition) is 1. The lowest BCUT2D eigenvalue weighted by Crippen LogP contribution is -2.23. The van der Waals surface area contributed by atoms with Gasteiger partial charge in [0.15, 0.2) is 0 Å². The predicted molar refractivity (Wildman–Crippen MR) is 80.9 cm³/mol. The van der Waals surface area contributed by atoms with Gasteiger partial charge in [0, 0.05) is 17.5 Å². The Morgan fingerprint density at radius 3 is 2.65 bits per heavy atom. The summed E-state index contributed by atoms with van der Waals surface area (Å²) in [6.07, 6.45) is 0.206. The number of ether oxygens (including phenoxy) is 1. The molecule has 1 aliphatic carbocycles. The van der Waals surface area contributed by atoms with Crippen LogP contribution in [0.25, 0.3) is 0 Å². The van der Waals surface area contributed by atoms with E-state index in [1.807, 2.05) is 18.2 Å². The third-order valence-corrected chi connectivity index (χ3v) is 4.49. The average molecular weight is 309 g/mol. The number of fused-ring (bicyclic) bond motifs is 1. The molecule has 1 N–H and O–H groups in total. The van der Waals surface area contributed by atoms with Gasteiger partial charge in [0.05, 0.1) is 23.3 Å². The topological polar surface area (TPSA) is 29.5 Å². The number of aliphatic hydroxyl groups excluding tert-OH is 1. The summed E-state index contributed by atoms with van der Waals surface area (Å²) in [4.78, 5) is 0. The van der Waals surface area contributed by atoms with Crippen LogP contribution in [-0.2, 0) is 6.42 Å². The molecule has 0 amide bonds. The van der Waals surface area contributed by atoms with E-state index < -0.39 is 6.10 Å². The Labute approximate surface area is 127 Å². The van der Waals surface area contributed by atoms with Crippen LogP contribution in [0.5, 0.6) is 5.75 Å². The molecule has 2 atom stereocenters. The first kappa shape index (κ1) is 13.7. The van der Waals surface area contributed by atoms with E-state index in [1.165, 1.54) is 18.2 Å². The van der Waals surface area contributed by atoms with Gasteiger partial charge in [0.1, 0.15) is 5.75 Å². The van der Waals surface area contributed by atoms with Crippen molar-refractivity contribution in [2.75, 3.05) is 7.11 Å². The van der Waals surface area contributed by atoms with Crippen molar-refractivity contribution in [2.24, 2.45) is 0 Å². The molecule has 0 radical (unpaired) electrons. The summed E-state index contributed by atoms with van der Waals surface area (Å²) < 4.78 is 5.12. The van der Waals surface area contributed by atoms with Crippen molar-refractivity contribution < 1.29 is 9.84 Å². The van der Waals surface area contributed by atoms with Crippen molar-refractivity contribution in [1.29, 1.82) is 0 Å². The first-order valence-electron chi connectivity index (χ1n) is 6.40. The highest BCUT2D eigenvalue weighted by atomic mass is 35.5. The van der Waals surface area contributed by atoms with Crippen LogP contribution in [-0.4, -0.2) is 12.2 Å². The normalized spacial score (nSPS) is 18.1. The first-order valence-corrected chi connectivity index (χ1v) is 7.16. The van der Waals surface area contributed by atoms with Crippen LogP contribution in [0.2, 0.25) is 10.0 Å². The lowest BCUT2D eigenvalue weighted by atomic mass is 9.73. The Bertz CT molecular complexity index is 655. The third-order valence-electron chi connectivity index (χ3n) is 3.87. The quantitative estimate of drug-likeness (QED) is 0.912. The van der Waals surface area contributed by atoms with Crippen LogP contribution in [0, 0.1) is 0 Å². The van der Waals surface area contributed by atoms with Crippen LogP contribution >= 0.6 is 23.2 Å². The minimum absolute atomic E-state index is 0.0770. The second-order valence-electron chi connectivity index (χ2n) is 4.96. The van der Waals surface area contributed by atoms with Crippen LogP contribution in [0.15, 0.2) is 36.4 Å². The Balaban J connectivity index is 1.93. The van der Waals surface area contributed by atoms with Crippen molar-refractivity contribution in [3.63, 3.8) is 0 Å². The zero-order valence-corrected chi connectivity index (χ0v) is 12.4. The van der Waals surface area contributed by atoms with Gasteiger partial charge in [-0.2, -0.15) is 0 Å². The Morgan fingerprint density at radius 2 is 1.95 bits per heavy atom. The van der Waals surface area contributed by atoms with E-state index >= 15 is 0 Å². The van der Waals surface area contributed by atoms with Crippen molar-refractivity contribution in [1.82, 2.24) is 0 Å². The predicted octanol–water partition coefficient (Wildman–Crippen LogP) is 4.38. The highest BCUT2D eigenvalue weighted by molar-refractivity contribution is 6.34. The smallest absolute Gasteiger partial charge is 0.138 e. The zero-order valence-electron chi connectivity index (χ0n) is 10.9. The van der Waals surface area contributed by atoms with Crippen LogP contribution in [0.4, 0.5) is 0 Å². The number of aliphatic hydroxyl groups is 1. The van der Waals surface area contributed by atoms with Gasteiger partial charge in [-0.05, 0) is 23.6 Å². The molecule has 0 fully saturated rings. The van der Waals surface area contributed by atoms with Crippen molar-refractivity contribution >= 4 is 23.2 Å². The number of hydrogen-bond acceptors (Lipinski definition) is 2. The van der Waals surface area contributed by atoms with E-state index in [1.54, 1.807) is 12.1 Å². The molecule has 2 unspecified atom stereocenters. The molecule has 0 aromatic heterocycles. The molecular weight excluding hydrogens is 295 g/mol. The third kappa shape index (κ3) is 2.18. The van der Waals surface area contributed by atoms with E-state index in [0.717, 1.165) is 6.42 Å². The molecule has 1 aliphatic rings. The maximum absolute atomic E-state index is 10.6. The largest absolute Gasteiger partial charge is 0.495 e. The molecule has 0 aliphatic heterocycles. The molecule has 20 heavy (non-hydrogen) atoms. The van der Waals surface area contributed by atoms with Gasteiger partial charge in [-0.3, -0.25) is 0 Å². The molecule has 2 aromatic carbocycles. The molecule has 2 aromatic rings. The molecule has 2 nitrogen and oxygen atoms in total. The van der Waals surface area contributed by atoms with E-state index in [0.29, 0.717) is 21.4 Å². The second-order valence-corrected chi connectivity index (χ2v) is 5.78. The van der Waals surface area contributed by atoms with Crippen LogP contribution < -0.4 is 4.74 Å². The standard InChI is InChI=1S/C16H14Cl2O2/c1-20-15-8-13(17)12(7-14(15)18)16(19)11-6-9-4-2-3-5-10(9)11/h2-5,7-8,11,16,19H,6H2,1H3. The summed E-state index contributed by atoms with van der Waals surface area (Å²) >= 11 is 12.3. The number of benzene rings is 2. The summed E-state index contributed by atoms with van der Waals surface area (Å²) in [5.74, 6) is 0.592. The maximum Gasteiger partial charge on any atom is 0.138 e. The molecule has 0 saturated carbocycles. The number of halogens is 2. The van der Waals surface area contributed by atoms with Gasteiger partial charge < -0.3 is 9.84 Å². The summed E-state index contributed by atoms with van der Waals surface area (Å²) in [5.41, 5.74) is 3.12. The summed E-state index contributed by atoms with van der Waals surface area (Å²) in [7, 11) is 1.54. The fourth-order valence-corrected chi connectivity index (χ4v) is 3.24. The van der Waals surface area contributed by atoms with Crippen LogP contribution in [0.3, 0.4) is 0 Å². The van der Waals surface area contributed by atoms with E-state index in [9.17, 15) is 5.11 Å². The number of rotatable bonds is 3. The molecule has 3 rings (SSSR count). The van der Waals surface area contributed by atoms with Crippen molar-refractivity contribution in [3.05, 3.63) is 63.1 Å². The highest BCUT2D eigenvalue weighted by Crippen LogP contribution is 2.46. The molecular formula is C16H14Cl2O2. The summed E-state index contributed by atoms with van der Waals surface area (Å²) in [6, 6.07) is 11.5. The zero-order chi connectivity index (χ0) is 14.3. The van der Waals surface area contributed by atoms with Gasteiger partial charge in [0.25, 0.3) is 0 Å². The highest BCUT2D eigenvalue weighted by Gasteiger charge is 2.33. The van der Waals surface area contributed by atoms with Gasteiger partial charge in [-0.15, -0.1) is 0 Å². The minimum Gasteiger partial charge on any atom is -0.495 e. The van der Waals surface area contributed by atoms with E-state index in [4.69, 9.17) is 27.9 Å². The van der Waals surface area contributed by atoms with Crippen molar-refractivity contribution in [2.45, 2.75) is 18.4 Å². The molecule has 104 valence electrons. The molecule has 4 heteroatoms. The molecule has 0 saturated heterocycles. The van der Waals surface area contributed by atoms with E-state index in [-0.39, 0.29) is 5.92 Å². The van der Waals surface area contributed by atoms with Crippen LogP contribution in [0.1, 0.15) is 28.7 Å². The molecule has 0 heterocycles. The van der Waals surface area contributed by atoms with Gasteiger partial charge >= 0.3 is 0 Å². The lowest BCUT2D eigenvalue weighted by Gasteiger charge is -2.34. The van der Waals surface area contributed by atoms with E-state index in [2.05, 4.69) is 6.07 Å². The monoisotopic (exact) mass is 308 g/mol. The fraction of sp³-hybridized carbons (Fsp3) is 0.250. The summed E-state index contributed by atoms with van der Waals surface area (Å²) in [6.45, 7) is 0. The Morgan fingerprint density at radius 1 is 1.20 bits per heavy atom. The Hall–Kier alpha value is -1.22. The SMILES string of the molecule is COc1cc(Cl)c(C(O)C2Cc3ccccc32)cc1Cl. The fourth-order valence-electron chi connectivity index (χ4n) is 2.72. The molecule has 0 bridgehead atoms. The van der Waals surface area contributed by atoms with Gasteiger partial charge in [-0.1, -0.05) is 47.5 Å². The maximum atomic E-state index is 10.6. The minimum atomic E-state index is -0.652. The molecule has 0 spiro atoms. The first-order chi connectivity index (χ1) is 9.61. The Kier molecular flexibility index (Phi) is 3.63. The second kappa shape index (κ2) is 5.28.